The quantitative estimate of drug-likeness (QED) is 0.823. The second kappa shape index (κ2) is 7.69. The molecule has 0 fully saturated rings. The van der Waals surface area contributed by atoms with E-state index in [-0.39, 0.29) is 0 Å². The van der Waals surface area contributed by atoms with Gasteiger partial charge < -0.3 is 19.5 Å². The van der Waals surface area contributed by atoms with Crippen molar-refractivity contribution in [3.8, 4) is 17.2 Å². The van der Waals surface area contributed by atoms with E-state index in [1.54, 1.807) is 21.3 Å². The Balaban J connectivity index is 3.30. The van der Waals surface area contributed by atoms with Gasteiger partial charge in [-0.2, -0.15) is 0 Å². The lowest BCUT2D eigenvalue weighted by Crippen LogP contribution is -2.10. The first-order valence-corrected chi connectivity index (χ1v) is 6.34. The molecule has 0 aliphatic carbocycles. The molecule has 0 unspecified atom stereocenters. The average molecular weight is 265 g/mol. The summed E-state index contributed by atoms with van der Waals surface area (Å²) < 4.78 is 16.1. The van der Waals surface area contributed by atoms with E-state index in [2.05, 4.69) is 18.3 Å². The number of ether oxygens (including phenoxy) is 3. The van der Waals surface area contributed by atoms with Crippen LogP contribution >= 0.6 is 0 Å². The van der Waals surface area contributed by atoms with E-state index in [0.29, 0.717) is 0 Å². The van der Waals surface area contributed by atoms with Crippen LogP contribution in [0.25, 0.3) is 6.08 Å². The van der Waals surface area contributed by atoms with Crippen LogP contribution < -0.4 is 19.5 Å². The Bertz CT molecular complexity index is 416. The first-order chi connectivity index (χ1) is 9.19. The van der Waals surface area contributed by atoms with Gasteiger partial charge in [-0.1, -0.05) is 12.5 Å². The minimum atomic E-state index is 0.720. The monoisotopic (exact) mass is 265 g/mol. The Hall–Kier alpha value is -1.68. The molecule has 1 aromatic carbocycles. The molecule has 0 saturated carbocycles. The maximum Gasteiger partial charge on any atom is 0.133 e. The standard InChI is InChI=1S/C15H23NO3/c1-6-11(10-16-2)7-13-14(18-4)8-12(17-3)9-15(13)19-5/h7-9,16H,6,10H2,1-5H3. The fourth-order valence-corrected chi connectivity index (χ4v) is 1.88. The van der Waals surface area contributed by atoms with Crippen LogP contribution in [0.5, 0.6) is 17.2 Å². The molecule has 0 atom stereocenters. The lowest BCUT2D eigenvalue weighted by atomic mass is 10.1. The molecule has 106 valence electrons. The van der Waals surface area contributed by atoms with Crippen molar-refractivity contribution in [3.63, 3.8) is 0 Å². The first kappa shape index (κ1) is 15.4. The number of nitrogens with one attached hydrogen (secondary N) is 1. The van der Waals surface area contributed by atoms with Gasteiger partial charge in [-0.25, -0.2) is 0 Å². The highest BCUT2D eigenvalue weighted by Gasteiger charge is 2.11. The zero-order chi connectivity index (χ0) is 14.3. The highest BCUT2D eigenvalue weighted by atomic mass is 16.5. The van der Waals surface area contributed by atoms with Crippen molar-refractivity contribution in [3.05, 3.63) is 23.3 Å². The van der Waals surface area contributed by atoms with E-state index < -0.39 is 0 Å². The topological polar surface area (TPSA) is 39.7 Å². The van der Waals surface area contributed by atoms with Crippen LogP contribution in [-0.4, -0.2) is 34.9 Å². The summed E-state index contributed by atoms with van der Waals surface area (Å²) in [5.74, 6) is 2.22. The minimum absolute atomic E-state index is 0.720. The van der Waals surface area contributed by atoms with E-state index in [0.717, 1.165) is 35.8 Å². The predicted molar refractivity (Wildman–Crippen MR) is 78.3 cm³/mol. The van der Waals surface area contributed by atoms with E-state index in [4.69, 9.17) is 14.2 Å². The van der Waals surface area contributed by atoms with Gasteiger partial charge >= 0.3 is 0 Å². The largest absolute Gasteiger partial charge is 0.496 e. The van der Waals surface area contributed by atoms with Crippen LogP contribution in [0.15, 0.2) is 17.7 Å². The summed E-state index contributed by atoms with van der Waals surface area (Å²) in [6.45, 7) is 2.97. The SMILES string of the molecule is CCC(=Cc1c(OC)cc(OC)cc1OC)CNC. The van der Waals surface area contributed by atoms with Crippen LogP contribution in [0.1, 0.15) is 18.9 Å². The molecule has 1 rings (SSSR count). The van der Waals surface area contributed by atoms with E-state index in [1.807, 2.05) is 19.2 Å². The van der Waals surface area contributed by atoms with Crippen LogP contribution in [0.2, 0.25) is 0 Å². The van der Waals surface area contributed by atoms with Crippen molar-refractivity contribution < 1.29 is 14.2 Å². The smallest absolute Gasteiger partial charge is 0.133 e. The lowest BCUT2D eigenvalue weighted by Gasteiger charge is -2.14. The molecule has 0 aliphatic rings. The molecule has 1 aromatic rings. The Morgan fingerprint density at radius 2 is 1.68 bits per heavy atom. The van der Waals surface area contributed by atoms with Gasteiger partial charge in [0.1, 0.15) is 17.2 Å². The minimum Gasteiger partial charge on any atom is -0.496 e. The molecule has 0 amide bonds. The highest BCUT2D eigenvalue weighted by Crippen LogP contribution is 2.35. The molecule has 1 N–H and O–H groups in total. The maximum atomic E-state index is 5.43. The molecule has 0 radical (unpaired) electrons. The van der Waals surface area contributed by atoms with Gasteiger partial charge in [-0.15, -0.1) is 0 Å². The molecule has 0 bridgehead atoms. The van der Waals surface area contributed by atoms with Crippen LogP contribution in [0, 0.1) is 0 Å². The number of rotatable bonds is 7. The van der Waals surface area contributed by atoms with Gasteiger partial charge in [0.15, 0.2) is 0 Å². The molecular weight excluding hydrogens is 242 g/mol. The number of likely N-dealkylation sites (N-methyl/N-ethyl adjacent to an activating group) is 1. The van der Waals surface area contributed by atoms with Gasteiger partial charge in [0.25, 0.3) is 0 Å². The second-order valence-electron chi connectivity index (χ2n) is 4.13. The molecule has 4 nitrogen and oxygen atoms in total. The summed E-state index contributed by atoms with van der Waals surface area (Å²) in [7, 11) is 6.86. The van der Waals surface area contributed by atoms with Crippen molar-refractivity contribution >= 4 is 6.08 Å². The number of hydrogen-bond donors (Lipinski definition) is 1. The van der Waals surface area contributed by atoms with Crippen molar-refractivity contribution in [2.24, 2.45) is 0 Å². The molecule has 0 aromatic heterocycles. The molecule has 0 heterocycles. The molecule has 0 saturated heterocycles. The molecule has 0 aliphatic heterocycles. The number of hydrogen-bond acceptors (Lipinski definition) is 4. The normalized spacial score (nSPS) is 11.3. The Morgan fingerprint density at radius 3 is 2.05 bits per heavy atom. The fourth-order valence-electron chi connectivity index (χ4n) is 1.88. The summed E-state index contributed by atoms with van der Waals surface area (Å²) in [5, 5.41) is 3.16. The number of benzene rings is 1. The van der Waals surface area contributed by atoms with Gasteiger partial charge in [0.05, 0.1) is 26.9 Å². The number of methoxy groups -OCH3 is 3. The van der Waals surface area contributed by atoms with Crippen molar-refractivity contribution in [2.45, 2.75) is 13.3 Å². The predicted octanol–water partition coefficient (Wildman–Crippen LogP) is 2.73. The molecule has 0 spiro atoms. The maximum absolute atomic E-state index is 5.43. The zero-order valence-corrected chi connectivity index (χ0v) is 12.4. The van der Waals surface area contributed by atoms with Crippen molar-refractivity contribution in [1.82, 2.24) is 5.32 Å². The summed E-state index contributed by atoms with van der Waals surface area (Å²) in [6, 6.07) is 3.72. The first-order valence-electron chi connectivity index (χ1n) is 6.34. The van der Waals surface area contributed by atoms with Gasteiger partial charge in [-0.3, -0.25) is 0 Å². The summed E-state index contributed by atoms with van der Waals surface area (Å²) in [6.07, 6.45) is 3.08. The van der Waals surface area contributed by atoms with Gasteiger partial charge in [-0.05, 0) is 19.5 Å². The van der Waals surface area contributed by atoms with Crippen molar-refractivity contribution in [2.75, 3.05) is 34.9 Å². The summed E-state index contributed by atoms with van der Waals surface area (Å²) in [4.78, 5) is 0. The zero-order valence-electron chi connectivity index (χ0n) is 12.4. The lowest BCUT2D eigenvalue weighted by molar-refractivity contribution is 0.374. The third-order valence-electron chi connectivity index (χ3n) is 2.96. The van der Waals surface area contributed by atoms with E-state index in [9.17, 15) is 0 Å². The van der Waals surface area contributed by atoms with Gasteiger partial charge in [0.2, 0.25) is 0 Å². The van der Waals surface area contributed by atoms with Crippen LogP contribution in [-0.2, 0) is 0 Å². The summed E-state index contributed by atoms with van der Waals surface area (Å²) in [5.41, 5.74) is 2.22. The summed E-state index contributed by atoms with van der Waals surface area (Å²) >= 11 is 0. The van der Waals surface area contributed by atoms with Crippen LogP contribution in [0.3, 0.4) is 0 Å². The second-order valence-corrected chi connectivity index (χ2v) is 4.13. The third-order valence-corrected chi connectivity index (χ3v) is 2.96. The Kier molecular flexibility index (Phi) is 6.22. The fraction of sp³-hybridized carbons (Fsp3) is 0.467. The molecule has 4 heteroatoms. The Labute approximate surface area is 115 Å². The van der Waals surface area contributed by atoms with Gasteiger partial charge in [0, 0.05) is 18.7 Å². The van der Waals surface area contributed by atoms with Crippen molar-refractivity contribution in [1.29, 1.82) is 0 Å². The Morgan fingerprint density at radius 1 is 1.11 bits per heavy atom. The van der Waals surface area contributed by atoms with E-state index in [1.165, 1.54) is 5.57 Å². The third kappa shape index (κ3) is 3.89. The molecule has 19 heavy (non-hydrogen) atoms. The highest BCUT2D eigenvalue weighted by molar-refractivity contribution is 5.68. The van der Waals surface area contributed by atoms with Crippen LogP contribution in [0.4, 0.5) is 0 Å². The molecular formula is C15H23NO3. The van der Waals surface area contributed by atoms with E-state index >= 15 is 0 Å². The average Bonchev–Trinajstić information content (AvgIpc) is 2.46.